The molecule has 28 heavy (non-hydrogen) atoms. The highest BCUT2D eigenvalue weighted by Crippen LogP contribution is 2.33. The van der Waals surface area contributed by atoms with Crippen molar-refractivity contribution in [2.45, 2.75) is 43.8 Å². The maximum absolute atomic E-state index is 10.5. The van der Waals surface area contributed by atoms with E-state index in [1.807, 2.05) is 24.3 Å². The van der Waals surface area contributed by atoms with Crippen LogP contribution in [0.25, 0.3) is 22.4 Å². The molecule has 0 saturated carbocycles. The van der Waals surface area contributed by atoms with Crippen molar-refractivity contribution in [2.75, 3.05) is 11.9 Å². The fourth-order valence-electron chi connectivity index (χ4n) is 4.52. The van der Waals surface area contributed by atoms with Crippen LogP contribution in [0, 0.1) is 0 Å². The second-order valence-electron chi connectivity index (χ2n) is 7.87. The first-order valence-corrected chi connectivity index (χ1v) is 9.82. The van der Waals surface area contributed by atoms with Crippen molar-refractivity contribution in [3.63, 3.8) is 0 Å². The monoisotopic (exact) mass is 376 g/mol. The lowest BCUT2D eigenvalue weighted by atomic mass is 9.98. The number of aromatic nitrogens is 4. The first-order chi connectivity index (χ1) is 13.7. The minimum Gasteiger partial charge on any atom is -0.507 e. The van der Waals surface area contributed by atoms with E-state index < -0.39 is 0 Å². The Labute approximate surface area is 163 Å². The molecule has 2 fully saturated rings. The van der Waals surface area contributed by atoms with E-state index in [1.54, 1.807) is 18.5 Å². The van der Waals surface area contributed by atoms with Gasteiger partial charge in [-0.05, 0) is 55.5 Å². The molecule has 7 heteroatoms. The molecular weight excluding hydrogens is 352 g/mol. The van der Waals surface area contributed by atoms with Gasteiger partial charge in [-0.15, -0.1) is 10.2 Å². The van der Waals surface area contributed by atoms with E-state index in [0.717, 1.165) is 29.8 Å². The molecule has 2 aliphatic rings. The second-order valence-corrected chi connectivity index (χ2v) is 7.87. The molecule has 0 aliphatic carbocycles. The Morgan fingerprint density at radius 2 is 1.86 bits per heavy atom. The number of aromatic hydroxyl groups is 1. The van der Waals surface area contributed by atoms with Gasteiger partial charge in [0.05, 0.1) is 11.9 Å². The molecule has 144 valence electrons. The lowest BCUT2D eigenvalue weighted by Crippen LogP contribution is -2.47. The molecule has 0 spiro atoms. The summed E-state index contributed by atoms with van der Waals surface area (Å²) in [6.07, 6.45) is 8.42. The SMILES string of the molecule is CN(c1ccc(-c2ccc(-c3cn[nH]c3)cc2O)nn1)[C@H]1CC2CC[C@H](C1)N2. The summed E-state index contributed by atoms with van der Waals surface area (Å²) in [6, 6.07) is 11.3. The lowest BCUT2D eigenvalue weighted by Gasteiger charge is -2.36. The Balaban J connectivity index is 1.35. The summed E-state index contributed by atoms with van der Waals surface area (Å²) in [5.74, 6) is 1.06. The Morgan fingerprint density at radius 3 is 2.50 bits per heavy atom. The van der Waals surface area contributed by atoms with Gasteiger partial charge < -0.3 is 15.3 Å². The number of benzene rings is 1. The quantitative estimate of drug-likeness (QED) is 0.649. The highest BCUT2D eigenvalue weighted by molar-refractivity contribution is 5.73. The van der Waals surface area contributed by atoms with Crippen LogP contribution in [0.15, 0.2) is 42.7 Å². The Morgan fingerprint density at radius 1 is 1.04 bits per heavy atom. The number of hydrogen-bond acceptors (Lipinski definition) is 6. The number of anilines is 1. The van der Waals surface area contributed by atoms with Crippen LogP contribution in [-0.4, -0.2) is 50.7 Å². The molecule has 2 saturated heterocycles. The standard InChI is InChI=1S/C21H24N6O/c1-27(17-9-15-3-4-16(10-17)24-15)21-7-6-19(25-26-21)18-5-2-13(8-20(18)28)14-11-22-23-12-14/h2,5-8,11-12,15-17,24,28H,3-4,9-10H2,1H3,(H,22,23)/t15-,16?,17-/m1/s1. The summed E-state index contributed by atoms with van der Waals surface area (Å²) >= 11 is 0. The Kier molecular flexibility index (Phi) is 4.24. The van der Waals surface area contributed by atoms with Crippen LogP contribution >= 0.6 is 0 Å². The van der Waals surface area contributed by atoms with Crippen molar-refractivity contribution >= 4 is 5.82 Å². The van der Waals surface area contributed by atoms with Gasteiger partial charge >= 0.3 is 0 Å². The topological polar surface area (TPSA) is 90.0 Å². The van der Waals surface area contributed by atoms with Crippen LogP contribution in [0.4, 0.5) is 5.82 Å². The molecule has 0 radical (unpaired) electrons. The van der Waals surface area contributed by atoms with Gasteiger partial charge in [0.1, 0.15) is 5.75 Å². The smallest absolute Gasteiger partial charge is 0.151 e. The normalized spacial score (nSPS) is 23.7. The Bertz CT molecular complexity index is 944. The fraction of sp³-hybridized carbons (Fsp3) is 0.381. The van der Waals surface area contributed by atoms with Gasteiger partial charge in [-0.2, -0.15) is 5.10 Å². The number of aromatic amines is 1. The molecule has 0 amide bonds. The van der Waals surface area contributed by atoms with E-state index in [2.05, 4.69) is 37.7 Å². The summed E-state index contributed by atoms with van der Waals surface area (Å²) in [6.45, 7) is 0. The summed E-state index contributed by atoms with van der Waals surface area (Å²) in [7, 11) is 2.11. The largest absolute Gasteiger partial charge is 0.507 e. The average molecular weight is 376 g/mol. The zero-order valence-electron chi connectivity index (χ0n) is 15.8. The van der Waals surface area contributed by atoms with Crippen LogP contribution < -0.4 is 10.2 Å². The number of piperidine rings is 1. The maximum atomic E-state index is 10.5. The summed E-state index contributed by atoms with van der Waals surface area (Å²) in [5.41, 5.74) is 3.17. The highest BCUT2D eigenvalue weighted by Gasteiger charge is 2.35. The zero-order chi connectivity index (χ0) is 19.1. The van der Waals surface area contributed by atoms with E-state index in [4.69, 9.17) is 0 Å². The third-order valence-corrected chi connectivity index (χ3v) is 6.11. The number of phenolic OH excluding ortho intramolecular Hbond substituents is 1. The molecule has 2 aliphatic heterocycles. The molecule has 2 bridgehead atoms. The molecule has 4 heterocycles. The van der Waals surface area contributed by atoms with Crippen LogP contribution in [0.1, 0.15) is 25.7 Å². The predicted molar refractivity (Wildman–Crippen MR) is 108 cm³/mol. The third kappa shape index (κ3) is 3.11. The van der Waals surface area contributed by atoms with Gasteiger partial charge in [0.15, 0.2) is 5.82 Å². The van der Waals surface area contributed by atoms with Crippen LogP contribution in [0.3, 0.4) is 0 Å². The summed E-state index contributed by atoms with van der Waals surface area (Å²) in [5, 5.41) is 29.7. The number of fused-ring (bicyclic) bond motifs is 2. The minimum absolute atomic E-state index is 0.184. The van der Waals surface area contributed by atoms with Gasteiger partial charge in [0.2, 0.25) is 0 Å². The first kappa shape index (κ1) is 17.2. The van der Waals surface area contributed by atoms with E-state index in [9.17, 15) is 5.11 Å². The minimum atomic E-state index is 0.184. The van der Waals surface area contributed by atoms with Crippen molar-refractivity contribution in [2.24, 2.45) is 0 Å². The number of rotatable bonds is 4. The highest BCUT2D eigenvalue weighted by atomic mass is 16.3. The van der Waals surface area contributed by atoms with Crippen molar-refractivity contribution in [1.82, 2.24) is 25.7 Å². The van der Waals surface area contributed by atoms with Crippen LogP contribution in [0.5, 0.6) is 5.75 Å². The molecule has 3 aromatic rings. The molecule has 1 unspecified atom stereocenters. The second kappa shape index (κ2) is 6.91. The van der Waals surface area contributed by atoms with Gasteiger partial charge in [-0.25, -0.2) is 0 Å². The summed E-state index contributed by atoms with van der Waals surface area (Å²) < 4.78 is 0. The van der Waals surface area contributed by atoms with E-state index in [0.29, 0.717) is 29.4 Å². The number of H-pyrrole nitrogens is 1. The van der Waals surface area contributed by atoms with E-state index in [-0.39, 0.29) is 5.75 Å². The van der Waals surface area contributed by atoms with Gasteiger partial charge in [-0.1, -0.05) is 6.07 Å². The van der Waals surface area contributed by atoms with E-state index in [1.165, 1.54) is 12.8 Å². The van der Waals surface area contributed by atoms with E-state index >= 15 is 0 Å². The van der Waals surface area contributed by atoms with Crippen LogP contribution in [0.2, 0.25) is 0 Å². The third-order valence-electron chi connectivity index (χ3n) is 6.11. The van der Waals surface area contributed by atoms with Gasteiger partial charge in [-0.3, -0.25) is 5.10 Å². The van der Waals surface area contributed by atoms with Crippen molar-refractivity contribution in [1.29, 1.82) is 0 Å². The molecule has 3 N–H and O–H groups in total. The van der Waals surface area contributed by atoms with Crippen molar-refractivity contribution in [3.8, 4) is 28.1 Å². The number of phenols is 1. The van der Waals surface area contributed by atoms with Gasteiger partial charge in [0.25, 0.3) is 0 Å². The van der Waals surface area contributed by atoms with Crippen molar-refractivity contribution in [3.05, 3.63) is 42.7 Å². The molecule has 3 atom stereocenters. The molecule has 5 rings (SSSR count). The molecule has 2 aromatic heterocycles. The molecule has 7 nitrogen and oxygen atoms in total. The lowest BCUT2D eigenvalue weighted by molar-refractivity contribution is 0.353. The number of nitrogens with zero attached hydrogens (tertiary/aromatic N) is 4. The molecule has 1 aromatic carbocycles. The zero-order valence-corrected chi connectivity index (χ0v) is 15.8. The first-order valence-electron chi connectivity index (χ1n) is 9.82. The average Bonchev–Trinajstić information content (AvgIpc) is 3.37. The van der Waals surface area contributed by atoms with Crippen molar-refractivity contribution < 1.29 is 5.11 Å². The Hall–Kier alpha value is -2.93. The maximum Gasteiger partial charge on any atom is 0.151 e. The summed E-state index contributed by atoms with van der Waals surface area (Å²) in [4.78, 5) is 2.25. The number of hydrogen-bond donors (Lipinski definition) is 3. The fourth-order valence-corrected chi connectivity index (χ4v) is 4.52. The number of nitrogens with one attached hydrogen (secondary N) is 2. The molecular formula is C21H24N6O. The predicted octanol–water partition coefficient (Wildman–Crippen LogP) is 2.96. The van der Waals surface area contributed by atoms with Crippen LogP contribution in [-0.2, 0) is 0 Å². The van der Waals surface area contributed by atoms with Gasteiger partial charge in [0, 0.05) is 42.5 Å².